The molecule has 0 saturated heterocycles. The summed E-state index contributed by atoms with van der Waals surface area (Å²) in [7, 11) is 3.10. The minimum atomic E-state index is -0.218. The molecule has 0 unspecified atom stereocenters. The Morgan fingerprint density at radius 1 is 1.04 bits per heavy atom. The van der Waals surface area contributed by atoms with Crippen molar-refractivity contribution in [1.29, 1.82) is 0 Å². The number of hydrogen-bond acceptors (Lipinski definition) is 4. The van der Waals surface area contributed by atoms with E-state index in [0.717, 1.165) is 22.2 Å². The van der Waals surface area contributed by atoms with E-state index in [2.05, 4.69) is 10.3 Å². The lowest BCUT2D eigenvalue weighted by Gasteiger charge is -2.12. The lowest BCUT2D eigenvalue weighted by Crippen LogP contribution is -2.12. The lowest BCUT2D eigenvalue weighted by atomic mass is 10.1. The van der Waals surface area contributed by atoms with Crippen molar-refractivity contribution in [2.45, 2.75) is 6.92 Å². The average Bonchev–Trinajstić information content (AvgIpc) is 2.63. The fourth-order valence-electron chi connectivity index (χ4n) is 2.59. The van der Waals surface area contributed by atoms with Crippen LogP contribution in [0.5, 0.6) is 11.5 Å². The van der Waals surface area contributed by atoms with Gasteiger partial charge in [0.05, 0.1) is 25.4 Å². The van der Waals surface area contributed by atoms with Crippen molar-refractivity contribution in [1.82, 2.24) is 4.98 Å². The van der Waals surface area contributed by atoms with Crippen LogP contribution in [0.1, 0.15) is 15.9 Å². The van der Waals surface area contributed by atoms with Crippen molar-refractivity contribution in [3.63, 3.8) is 0 Å². The molecule has 3 aromatic rings. The maximum absolute atomic E-state index is 12.6. The second kappa shape index (κ2) is 6.58. The number of nitrogens with one attached hydrogen (secondary N) is 1. The van der Waals surface area contributed by atoms with Crippen LogP contribution in [0.25, 0.3) is 10.9 Å². The zero-order valence-electron chi connectivity index (χ0n) is 13.8. The van der Waals surface area contributed by atoms with Gasteiger partial charge < -0.3 is 14.8 Å². The molecule has 5 nitrogen and oxygen atoms in total. The summed E-state index contributed by atoms with van der Waals surface area (Å²) < 4.78 is 10.4. The van der Waals surface area contributed by atoms with E-state index in [0.29, 0.717) is 17.1 Å². The number of rotatable bonds is 4. The van der Waals surface area contributed by atoms with Crippen molar-refractivity contribution in [2.75, 3.05) is 19.5 Å². The van der Waals surface area contributed by atoms with Gasteiger partial charge in [0.25, 0.3) is 5.91 Å². The summed E-state index contributed by atoms with van der Waals surface area (Å²) >= 11 is 0. The van der Waals surface area contributed by atoms with Crippen LogP contribution in [0.15, 0.2) is 48.7 Å². The molecule has 0 spiro atoms. The molecule has 0 atom stereocenters. The monoisotopic (exact) mass is 322 g/mol. The quantitative estimate of drug-likeness (QED) is 0.793. The maximum Gasteiger partial charge on any atom is 0.255 e. The highest BCUT2D eigenvalue weighted by atomic mass is 16.5. The van der Waals surface area contributed by atoms with Gasteiger partial charge >= 0.3 is 0 Å². The first-order chi connectivity index (χ1) is 11.6. The van der Waals surface area contributed by atoms with Crippen LogP contribution in [-0.4, -0.2) is 25.1 Å². The molecule has 0 bridgehead atoms. The van der Waals surface area contributed by atoms with Gasteiger partial charge in [0.1, 0.15) is 0 Å². The first kappa shape index (κ1) is 15.8. The Hall–Kier alpha value is -3.08. The van der Waals surface area contributed by atoms with Gasteiger partial charge in [-0.05, 0) is 48.9 Å². The van der Waals surface area contributed by atoms with E-state index in [9.17, 15) is 4.79 Å². The van der Waals surface area contributed by atoms with E-state index in [-0.39, 0.29) is 5.91 Å². The van der Waals surface area contributed by atoms with Gasteiger partial charge in [-0.2, -0.15) is 0 Å². The van der Waals surface area contributed by atoms with Crippen LogP contribution >= 0.6 is 0 Å². The summed E-state index contributed by atoms with van der Waals surface area (Å²) in [4.78, 5) is 17.0. The number of carbonyl (C=O) groups excluding carboxylic acids is 1. The molecule has 24 heavy (non-hydrogen) atoms. The Balaban J connectivity index is 1.95. The summed E-state index contributed by atoms with van der Waals surface area (Å²) in [5.41, 5.74) is 3.16. The number of methoxy groups -OCH3 is 2. The van der Waals surface area contributed by atoms with Gasteiger partial charge in [-0.3, -0.25) is 9.78 Å². The van der Waals surface area contributed by atoms with Gasteiger partial charge in [0.2, 0.25) is 0 Å². The summed E-state index contributed by atoms with van der Waals surface area (Å²) in [5.74, 6) is 0.879. The molecule has 0 aliphatic heterocycles. The van der Waals surface area contributed by atoms with Crippen molar-refractivity contribution >= 4 is 22.5 Å². The number of benzene rings is 2. The Morgan fingerprint density at radius 2 is 1.83 bits per heavy atom. The number of hydrogen-bond donors (Lipinski definition) is 1. The molecule has 0 saturated carbocycles. The van der Waals surface area contributed by atoms with E-state index in [1.807, 2.05) is 31.2 Å². The number of carbonyl (C=O) groups is 1. The molecular formula is C19H18N2O3. The number of anilines is 1. The highest BCUT2D eigenvalue weighted by molar-refractivity contribution is 6.09. The largest absolute Gasteiger partial charge is 0.493 e. The molecule has 0 aliphatic carbocycles. The van der Waals surface area contributed by atoms with Crippen LogP contribution in [-0.2, 0) is 0 Å². The summed E-state index contributed by atoms with van der Waals surface area (Å²) in [6.07, 6.45) is 1.75. The third-order valence-electron chi connectivity index (χ3n) is 3.87. The zero-order chi connectivity index (χ0) is 17.1. The zero-order valence-corrected chi connectivity index (χ0v) is 13.8. The number of pyridine rings is 1. The third kappa shape index (κ3) is 2.88. The van der Waals surface area contributed by atoms with E-state index in [4.69, 9.17) is 9.47 Å². The van der Waals surface area contributed by atoms with Gasteiger partial charge in [-0.1, -0.05) is 6.07 Å². The van der Waals surface area contributed by atoms with Crippen LogP contribution in [0, 0.1) is 6.92 Å². The smallest absolute Gasteiger partial charge is 0.255 e. The highest BCUT2D eigenvalue weighted by Crippen LogP contribution is 2.29. The summed E-state index contributed by atoms with van der Waals surface area (Å²) in [6.45, 7) is 2.00. The van der Waals surface area contributed by atoms with E-state index in [1.54, 1.807) is 38.6 Å². The van der Waals surface area contributed by atoms with Crippen LogP contribution in [0.2, 0.25) is 0 Å². The number of fused-ring (bicyclic) bond motifs is 1. The fraction of sp³-hybridized carbons (Fsp3) is 0.158. The van der Waals surface area contributed by atoms with Crippen molar-refractivity contribution in [3.8, 4) is 11.5 Å². The predicted octanol–water partition coefficient (Wildman–Crippen LogP) is 3.81. The maximum atomic E-state index is 12.6. The van der Waals surface area contributed by atoms with E-state index < -0.39 is 0 Å². The van der Waals surface area contributed by atoms with Crippen LogP contribution in [0.3, 0.4) is 0 Å². The van der Waals surface area contributed by atoms with Crippen molar-refractivity contribution in [2.24, 2.45) is 0 Å². The van der Waals surface area contributed by atoms with Crippen molar-refractivity contribution < 1.29 is 14.3 Å². The Kier molecular flexibility index (Phi) is 4.33. The second-order valence-corrected chi connectivity index (χ2v) is 5.35. The first-order valence-corrected chi connectivity index (χ1v) is 7.51. The number of nitrogens with zero attached hydrogens (tertiary/aromatic N) is 1. The third-order valence-corrected chi connectivity index (χ3v) is 3.87. The molecule has 0 aliphatic rings. The van der Waals surface area contributed by atoms with Gasteiger partial charge in [0, 0.05) is 17.1 Å². The van der Waals surface area contributed by atoms with Crippen LogP contribution in [0.4, 0.5) is 5.69 Å². The van der Waals surface area contributed by atoms with E-state index >= 15 is 0 Å². The minimum absolute atomic E-state index is 0.218. The lowest BCUT2D eigenvalue weighted by molar-refractivity contribution is 0.102. The summed E-state index contributed by atoms with van der Waals surface area (Å²) in [6, 6.07) is 12.7. The highest BCUT2D eigenvalue weighted by Gasteiger charge is 2.13. The second-order valence-electron chi connectivity index (χ2n) is 5.35. The molecule has 1 heterocycles. The minimum Gasteiger partial charge on any atom is -0.493 e. The molecule has 1 aromatic heterocycles. The first-order valence-electron chi connectivity index (χ1n) is 7.51. The van der Waals surface area contributed by atoms with Crippen molar-refractivity contribution in [3.05, 3.63) is 59.8 Å². The molecule has 1 N–H and O–H groups in total. The number of ether oxygens (including phenoxy) is 2. The van der Waals surface area contributed by atoms with Gasteiger partial charge in [-0.15, -0.1) is 0 Å². The van der Waals surface area contributed by atoms with Gasteiger partial charge in [0.15, 0.2) is 11.5 Å². The molecule has 2 aromatic carbocycles. The predicted molar refractivity (Wildman–Crippen MR) is 94.0 cm³/mol. The number of amides is 1. The van der Waals surface area contributed by atoms with Gasteiger partial charge in [-0.25, -0.2) is 0 Å². The topological polar surface area (TPSA) is 60.5 Å². The fourth-order valence-corrected chi connectivity index (χ4v) is 2.59. The Bertz CT molecular complexity index is 906. The molecule has 3 rings (SSSR count). The summed E-state index contributed by atoms with van der Waals surface area (Å²) in [5, 5.41) is 3.85. The normalized spacial score (nSPS) is 10.5. The number of aryl methyl sites for hydroxylation is 1. The molecule has 122 valence electrons. The molecule has 0 fully saturated rings. The molecule has 0 radical (unpaired) electrons. The van der Waals surface area contributed by atoms with Crippen LogP contribution < -0.4 is 14.8 Å². The molecule has 5 heteroatoms. The number of aromatic nitrogens is 1. The van der Waals surface area contributed by atoms with E-state index in [1.165, 1.54) is 0 Å². The average molecular weight is 322 g/mol. The Labute approximate surface area is 140 Å². The standard InChI is InChI=1S/C19H18N2O3/c1-12-6-8-15(14-5-4-10-20-18(12)14)21-19(22)13-7-9-16(23-2)17(11-13)24-3/h4-11H,1-3H3,(H,21,22). The molecule has 1 amide bonds. The molecular weight excluding hydrogens is 304 g/mol. The Morgan fingerprint density at radius 3 is 2.58 bits per heavy atom. The SMILES string of the molecule is COc1ccc(C(=O)Nc2ccc(C)c3ncccc23)cc1OC.